The summed E-state index contributed by atoms with van der Waals surface area (Å²) in [6.07, 6.45) is 1.69. The van der Waals surface area contributed by atoms with Crippen molar-refractivity contribution in [1.29, 1.82) is 0 Å². The number of ether oxygens (including phenoxy) is 2. The monoisotopic (exact) mass is 468 g/mol. The van der Waals surface area contributed by atoms with E-state index in [0.29, 0.717) is 19.7 Å². The van der Waals surface area contributed by atoms with Gasteiger partial charge < -0.3 is 19.3 Å². The van der Waals surface area contributed by atoms with Crippen LogP contribution in [0.25, 0.3) is 0 Å². The van der Waals surface area contributed by atoms with Gasteiger partial charge in [0.2, 0.25) is 5.91 Å². The van der Waals surface area contributed by atoms with Crippen LogP contribution in [0.5, 0.6) is 5.75 Å². The molecule has 1 fully saturated rings. The lowest BCUT2D eigenvalue weighted by Gasteiger charge is -2.40. The van der Waals surface area contributed by atoms with Crippen molar-refractivity contribution in [1.82, 2.24) is 4.90 Å². The Kier molecular flexibility index (Phi) is 5.53. The topological polar surface area (TPSA) is 42.0 Å². The predicted molar refractivity (Wildman–Crippen MR) is 137 cm³/mol. The summed E-state index contributed by atoms with van der Waals surface area (Å²) in [5, 5.41) is 0. The van der Waals surface area contributed by atoms with E-state index in [1.54, 1.807) is 7.11 Å². The zero-order valence-electron chi connectivity index (χ0n) is 20.4. The first-order chi connectivity index (χ1) is 17.1. The van der Waals surface area contributed by atoms with Gasteiger partial charge in [-0.05, 0) is 60.2 Å². The standard InChI is InChI=1S/C30H32N2O3/c1-21-28(25-18-24(34-2)12-13-27(25)32(21)19-22-8-4-3-5-9-22)29(33)31-16-14-30(15-17-31)26-11-7-6-10-23(26)20-35-30/h3-13,18,21,28H,14-17,19-20H2,1-2H3. The second kappa shape index (κ2) is 8.72. The molecule has 0 N–H and O–H groups in total. The predicted octanol–water partition coefficient (Wildman–Crippen LogP) is 5.24. The first kappa shape index (κ1) is 22.2. The van der Waals surface area contributed by atoms with Gasteiger partial charge in [0.1, 0.15) is 5.75 Å². The van der Waals surface area contributed by atoms with E-state index in [4.69, 9.17) is 9.47 Å². The van der Waals surface area contributed by atoms with Gasteiger partial charge in [0.25, 0.3) is 0 Å². The molecule has 5 nitrogen and oxygen atoms in total. The lowest BCUT2D eigenvalue weighted by atomic mass is 9.83. The largest absolute Gasteiger partial charge is 0.497 e. The van der Waals surface area contributed by atoms with Crippen LogP contribution < -0.4 is 9.64 Å². The minimum Gasteiger partial charge on any atom is -0.497 e. The average Bonchev–Trinajstić information content (AvgIpc) is 3.39. The Morgan fingerprint density at radius 2 is 1.77 bits per heavy atom. The first-order valence-corrected chi connectivity index (χ1v) is 12.6. The SMILES string of the molecule is COc1ccc2c(c1)C(C(=O)N1CCC3(CC1)OCc1ccccc13)C(C)N2Cc1ccccc1. The number of amides is 1. The molecule has 3 aromatic rings. The number of benzene rings is 3. The van der Waals surface area contributed by atoms with E-state index in [0.717, 1.165) is 36.4 Å². The van der Waals surface area contributed by atoms with Gasteiger partial charge in [0.05, 0.1) is 25.2 Å². The first-order valence-electron chi connectivity index (χ1n) is 12.6. The number of anilines is 1. The fourth-order valence-corrected chi connectivity index (χ4v) is 6.26. The number of carbonyl (C=O) groups excluding carboxylic acids is 1. The Morgan fingerprint density at radius 3 is 2.54 bits per heavy atom. The number of fused-ring (bicyclic) bond motifs is 3. The Morgan fingerprint density at radius 1 is 1.03 bits per heavy atom. The Bertz CT molecular complexity index is 1230. The number of piperidine rings is 1. The molecular formula is C30H32N2O3. The molecule has 3 aliphatic rings. The molecule has 35 heavy (non-hydrogen) atoms. The minimum atomic E-state index is -0.241. The van der Waals surface area contributed by atoms with Crippen LogP contribution in [-0.4, -0.2) is 37.0 Å². The summed E-state index contributed by atoms with van der Waals surface area (Å²) < 4.78 is 11.9. The van der Waals surface area contributed by atoms with E-state index in [1.807, 2.05) is 12.1 Å². The van der Waals surface area contributed by atoms with E-state index in [9.17, 15) is 4.79 Å². The van der Waals surface area contributed by atoms with Crippen molar-refractivity contribution in [3.05, 3.63) is 95.1 Å². The smallest absolute Gasteiger partial charge is 0.232 e. The minimum absolute atomic E-state index is 0.0594. The zero-order valence-corrected chi connectivity index (χ0v) is 20.4. The molecular weight excluding hydrogens is 436 g/mol. The molecule has 3 aliphatic heterocycles. The molecule has 0 radical (unpaired) electrons. The normalized spacial score (nSPS) is 22.2. The molecule has 6 rings (SSSR count). The third-order valence-electron chi connectivity index (χ3n) is 8.21. The van der Waals surface area contributed by atoms with Crippen LogP contribution in [0.1, 0.15) is 47.9 Å². The number of hydrogen-bond donors (Lipinski definition) is 0. The fourth-order valence-electron chi connectivity index (χ4n) is 6.26. The van der Waals surface area contributed by atoms with Gasteiger partial charge in [-0.25, -0.2) is 0 Å². The number of hydrogen-bond acceptors (Lipinski definition) is 4. The molecule has 2 atom stereocenters. The molecule has 5 heteroatoms. The molecule has 0 aromatic heterocycles. The van der Waals surface area contributed by atoms with Crippen molar-refractivity contribution in [3.8, 4) is 5.75 Å². The number of likely N-dealkylation sites (tertiary alicyclic amines) is 1. The summed E-state index contributed by atoms with van der Waals surface area (Å²) in [6.45, 7) is 5.06. The van der Waals surface area contributed by atoms with E-state index >= 15 is 0 Å². The van der Waals surface area contributed by atoms with E-state index in [2.05, 4.69) is 77.4 Å². The van der Waals surface area contributed by atoms with E-state index in [-0.39, 0.29) is 23.5 Å². The number of methoxy groups -OCH3 is 1. The van der Waals surface area contributed by atoms with Gasteiger partial charge in [-0.2, -0.15) is 0 Å². The van der Waals surface area contributed by atoms with Gasteiger partial charge in [-0.15, -0.1) is 0 Å². The summed E-state index contributed by atoms with van der Waals surface area (Å²) in [7, 11) is 1.68. The van der Waals surface area contributed by atoms with Crippen LogP contribution in [0.4, 0.5) is 5.69 Å². The second-order valence-corrected chi connectivity index (χ2v) is 10.0. The third kappa shape index (κ3) is 3.69. The Hall–Kier alpha value is -3.31. The highest BCUT2D eigenvalue weighted by atomic mass is 16.5. The van der Waals surface area contributed by atoms with Crippen molar-refractivity contribution in [3.63, 3.8) is 0 Å². The summed E-state index contributed by atoms with van der Waals surface area (Å²) in [5.41, 5.74) is 5.79. The van der Waals surface area contributed by atoms with Crippen LogP contribution in [-0.2, 0) is 28.3 Å². The van der Waals surface area contributed by atoms with Gasteiger partial charge in [-0.3, -0.25) is 4.79 Å². The van der Waals surface area contributed by atoms with Gasteiger partial charge >= 0.3 is 0 Å². The van der Waals surface area contributed by atoms with Crippen LogP contribution in [0, 0.1) is 0 Å². The molecule has 1 amide bonds. The third-order valence-corrected chi connectivity index (χ3v) is 8.21. The highest BCUT2D eigenvalue weighted by Crippen LogP contribution is 2.47. The average molecular weight is 469 g/mol. The lowest BCUT2D eigenvalue weighted by molar-refractivity contribution is -0.140. The van der Waals surface area contributed by atoms with Crippen molar-refractivity contribution >= 4 is 11.6 Å². The van der Waals surface area contributed by atoms with E-state index < -0.39 is 0 Å². The summed E-state index contributed by atoms with van der Waals surface area (Å²) in [4.78, 5) is 18.5. The van der Waals surface area contributed by atoms with Crippen LogP contribution in [0.3, 0.4) is 0 Å². The highest BCUT2D eigenvalue weighted by molar-refractivity contribution is 5.90. The summed E-state index contributed by atoms with van der Waals surface area (Å²) >= 11 is 0. The van der Waals surface area contributed by atoms with Crippen LogP contribution >= 0.6 is 0 Å². The molecule has 0 saturated carbocycles. The molecule has 3 heterocycles. The quantitative estimate of drug-likeness (QED) is 0.526. The van der Waals surface area contributed by atoms with Crippen molar-refractivity contribution in [2.24, 2.45) is 0 Å². The molecule has 3 aromatic carbocycles. The van der Waals surface area contributed by atoms with Gasteiger partial charge in [0, 0.05) is 31.4 Å². The highest BCUT2D eigenvalue weighted by Gasteiger charge is 2.46. The number of rotatable bonds is 4. The second-order valence-electron chi connectivity index (χ2n) is 10.0. The van der Waals surface area contributed by atoms with Gasteiger partial charge in [-0.1, -0.05) is 54.6 Å². The van der Waals surface area contributed by atoms with Crippen LogP contribution in [0.15, 0.2) is 72.8 Å². The Balaban J connectivity index is 1.25. The molecule has 180 valence electrons. The lowest BCUT2D eigenvalue weighted by Crippen LogP contribution is -2.48. The zero-order chi connectivity index (χ0) is 24.0. The molecule has 0 aliphatic carbocycles. The maximum atomic E-state index is 14.0. The number of nitrogens with zero attached hydrogens (tertiary/aromatic N) is 2. The molecule has 1 saturated heterocycles. The number of carbonyl (C=O) groups is 1. The molecule has 2 unspecified atom stereocenters. The fraction of sp³-hybridized carbons (Fsp3) is 0.367. The van der Waals surface area contributed by atoms with Crippen molar-refractivity contribution in [2.75, 3.05) is 25.1 Å². The van der Waals surface area contributed by atoms with Crippen molar-refractivity contribution in [2.45, 2.75) is 50.5 Å². The Labute approximate surface area is 207 Å². The summed E-state index contributed by atoms with van der Waals surface area (Å²) in [5.74, 6) is 0.794. The van der Waals surface area contributed by atoms with E-state index in [1.165, 1.54) is 16.7 Å². The maximum Gasteiger partial charge on any atom is 0.232 e. The molecule has 0 bridgehead atoms. The summed E-state index contributed by atoms with van der Waals surface area (Å²) in [6, 6.07) is 25.2. The van der Waals surface area contributed by atoms with Crippen molar-refractivity contribution < 1.29 is 14.3 Å². The van der Waals surface area contributed by atoms with Gasteiger partial charge in [0.15, 0.2) is 0 Å². The maximum absolute atomic E-state index is 14.0. The molecule has 1 spiro atoms. The van der Waals surface area contributed by atoms with Crippen LogP contribution in [0.2, 0.25) is 0 Å².